The maximum atomic E-state index is 12.2. The monoisotopic (exact) mass is 220 g/mol. The summed E-state index contributed by atoms with van der Waals surface area (Å²) in [5, 5.41) is 0. The Kier molecular flexibility index (Phi) is 3.52. The minimum absolute atomic E-state index is 0.0739. The smallest absolute Gasteiger partial charge is 0.425 e. The molecule has 1 unspecified atom stereocenters. The summed E-state index contributed by atoms with van der Waals surface area (Å²) >= 11 is 0. The molecule has 0 radical (unpaired) electrons. The van der Waals surface area contributed by atoms with Crippen molar-refractivity contribution in [2.45, 2.75) is 25.7 Å². The molecule has 0 amide bonds. The van der Waals surface area contributed by atoms with E-state index in [2.05, 4.69) is 4.98 Å². The Hall–Kier alpha value is -1.30. The molecule has 1 heterocycles. The third-order valence-corrected chi connectivity index (χ3v) is 1.85. The molecule has 0 aliphatic heterocycles. The van der Waals surface area contributed by atoms with Crippen LogP contribution in [0.15, 0.2) is 18.5 Å². The minimum atomic E-state index is -4.39. The Balaban J connectivity index is 2.80. The molecule has 3 nitrogen and oxygen atoms in total. The van der Waals surface area contributed by atoms with E-state index < -0.39 is 12.3 Å². The first-order valence-corrected chi connectivity index (χ1v) is 4.31. The molecule has 1 rings (SSSR count). The van der Waals surface area contributed by atoms with Crippen LogP contribution in [-0.4, -0.2) is 17.3 Å². The van der Waals surface area contributed by atoms with E-state index in [-0.39, 0.29) is 12.3 Å². The van der Waals surface area contributed by atoms with Crippen LogP contribution in [0.2, 0.25) is 0 Å². The van der Waals surface area contributed by atoms with E-state index in [0.29, 0.717) is 5.56 Å². The lowest BCUT2D eigenvalue weighted by Gasteiger charge is -2.18. The number of hydrogen-bond donors (Lipinski definition) is 1. The van der Waals surface area contributed by atoms with Crippen molar-refractivity contribution < 1.29 is 17.9 Å². The number of rotatable bonds is 3. The van der Waals surface area contributed by atoms with Gasteiger partial charge in [0.15, 0.2) is 6.10 Å². The molecule has 0 bridgehead atoms. The van der Waals surface area contributed by atoms with Gasteiger partial charge in [-0.3, -0.25) is 4.98 Å². The van der Waals surface area contributed by atoms with Crippen LogP contribution in [0.4, 0.5) is 13.2 Å². The van der Waals surface area contributed by atoms with Gasteiger partial charge < -0.3 is 10.5 Å². The van der Waals surface area contributed by atoms with Crippen molar-refractivity contribution in [3.8, 4) is 5.75 Å². The third kappa shape index (κ3) is 3.09. The summed E-state index contributed by atoms with van der Waals surface area (Å²) in [6.07, 6.45) is -3.58. The lowest BCUT2D eigenvalue weighted by Crippen LogP contribution is -2.31. The summed E-state index contributed by atoms with van der Waals surface area (Å²) in [4.78, 5) is 3.68. The van der Waals surface area contributed by atoms with Gasteiger partial charge in [-0.05, 0) is 13.0 Å². The molecule has 1 atom stereocenters. The molecule has 0 aromatic carbocycles. The Bertz CT molecular complexity index is 327. The zero-order valence-corrected chi connectivity index (χ0v) is 8.08. The van der Waals surface area contributed by atoms with E-state index in [1.807, 2.05) is 0 Å². The molecule has 6 heteroatoms. The van der Waals surface area contributed by atoms with Crippen LogP contribution in [0.3, 0.4) is 0 Å². The largest absolute Gasteiger partial charge is 0.479 e. The van der Waals surface area contributed by atoms with Gasteiger partial charge in [-0.2, -0.15) is 13.2 Å². The van der Waals surface area contributed by atoms with Crippen LogP contribution in [0.25, 0.3) is 0 Å². The first kappa shape index (κ1) is 11.8. The number of hydrogen-bond acceptors (Lipinski definition) is 3. The molecule has 0 saturated carbocycles. The molecule has 1 aromatic rings. The Labute approximate surface area is 85.1 Å². The first-order chi connectivity index (χ1) is 6.95. The predicted molar refractivity (Wildman–Crippen MR) is 48.3 cm³/mol. The van der Waals surface area contributed by atoms with Gasteiger partial charge in [-0.25, -0.2) is 0 Å². The Morgan fingerprint density at radius 2 is 2.20 bits per heavy atom. The van der Waals surface area contributed by atoms with Crippen molar-refractivity contribution in [1.82, 2.24) is 4.98 Å². The lowest BCUT2D eigenvalue weighted by atomic mass is 10.2. The lowest BCUT2D eigenvalue weighted by molar-refractivity contribution is -0.189. The van der Waals surface area contributed by atoms with Gasteiger partial charge in [0.1, 0.15) is 5.75 Å². The van der Waals surface area contributed by atoms with Crippen LogP contribution >= 0.6 is 0 Å². The van der Waals surface area contributed by atoms with Crippen LogP contribution in [0.1, 0.15) is 12.5 Å². The molecule has 15 heavy (non-hydrogen) atoms. The molecule has 0 spiro atoms. The summed E-state index contributed by atoms with van der Waals surface area (Å²) in [7, 11) is 0. The average molecular weight is 220 g/mol. The summed E-state index contributed by atoms with van der Waals surface area (Å²) in [5.41, 5.74) is 5.85. The standard InChI is InChI=1S/C9H11F3N2O/c1-6(9(10,11)12)15-8-5-14-3-2-7(8)4-13/h2-3,5-6H,4,13H2,1H3. The highest BCUT2D eigenvalue weighted by atomic mass is 19.4. The summed E-state index contributed by atoms with van der Waals surface area (Å²) in [6, 6.07) is 1.53. The Morgan fingerprint density at radius 1 is 1.53 bits per heavy atom. The first-order valence-electron chi connectivity index (χ1n) is 4.31. The summed E-state index contributed by atoms with van der Waals surface area (Å²) in [5.74, 6) is 0.0739. The normalized spacial score (nSPS) is 13.7. The van der Waals surface area contributed by atoms with Crippen molar-refractivity contribution in [3.63, 3.8) is 0 Å². The molecule has 0 saturated heterocycles. The summed E-state index contributed by atoms with van der Waals surface area (Å²) in [6.45, 7) is 1.05. The Morgan fingerprint density at radius 3 is 2.73 bits per heavy atom. The number of halogens is 3. The third-order valence-electron chi connectivity index (χ3n) is 1.85. The maximum absolute atomic E-state index is 12.2. The quantitative estimate of drug-likeness (QED) is 0.845. The van der Waals surface area contributed by atoms with Gasteiger partial charge in [0.25, 0.3) is 0 Å². The molecule has 0 fully saturated rings. The van der Waals surface area contributed by atoms with E-state index in [9.17, 15) is 13.2 Å². The fourth-order valence-electron chi connectivity index (χ4n) is 0.941. The van der Waals surface area contributed by atoms with Gasteiger partial charge in [0.05, 0.1) is 6.20 Å². The number of alkyl halides is 3. The number of pyridine rings is 1. The molecule has 1 aromatic heterocycles. The van der Waals surface area contributed by atoms with Crippen LogP contribution in [0.5, 0.6) is 5.75 Å². The highest BCUT2D eigenvalue weighted by Gasteiger charge is 2.38. The van der Waals surface area contributed by atoms with Crippen molar-refractivity contribution in [3.05, 3.63) is 24.0 Å². The molecule has 84 valence electrons. The summed E-state index contributed by atoms with van der Waals surface area (Å²) < 4.78 is 41.3. The second kappa shape index (κ2) is 4.48. The fraction of sp³-hybridized carbons (Fsp3) is 0.444. The number of nitrogens with two attached hydrogens (primary N) is 1. The maximum Gasteiger partial charge on any atom is 0.425 e. The van der Waals surface area contributed by atoms with E-state index in [0.717, 1.165) is 6.92 Å². The van der Waals surface area contributed by atoms with Gasteiger partial charge >= 0.3 is 6.18 Å². The van der Waals surface area contributed by atoms with Crippen molar-refractivity contribution in [1.29, 1.82) is 0 Å². The van der Waals surface area contributed by atoms with Crippen LogP contribution in [0, 0.1) is 0 Å². The highest BCUT2D eigenvalue weighted by Crippen LogP contribution is 2.26. The van der Waals surface area contributed by atoms with Crippen molar-refractivity contribution in [2.75, 3.05) is 0 Å². The topological polar surface area (TPSA) is 48.1 Å². The molecular formula is C9H11F3N2O. The van der Waals surface area contributed by atoms with E-state index in [4.69, 9.17) is 10.5 Å². The number of nitrogens with zero attached hydrogens (tertiary/aromatic N) is 1. The number of ether oxygens (including phenoxy) is 1. The molecule has 2 N–H and O–H groups in total. The molecule has 0 aliphatic rings. The van der Waals surface area contributed by atoms with E-state index >= 15 is 0 Å². The molecular weight excluding hydrogens is 209 g/mol. The van der Waals surface area contributed by atoms with E-state index in [1.165, 1.54) is 18.5 Å². The van der Waals surface area contributed by atoms with Gasteiger partial charge in [0, 0.05) is 18.3 Å². The fourth-order valence-corrected chi connectivity index (χ4v) is 0.941. The van der Waals surface area contributed by atoms with Crippen molar-refractivity contribution in [2.24, 2.45) is 5.73 Å². The highest BCUT2D eigenvalue weighted by molar-refractivity contribution is 5.29. The number of aromatic nitrogens is 1. The SMILES string of the molecule is CC(Oc1cnccc1CN)C(F)(F)F. The minimum Gasteiger partial charge on any atom is -0.479 e. The van der Waals surface area contributed by atoms with Gasteiger partial charge in [-0.1, -0.05) is 0 Å². The molecule has 0 aliphatic carbocycles. The van der Waals surface area contributed by atoms with Gasteiger partial charge in [0.2, 0.25) is 0 Å². The van der Waals surface area contributed by atoms with Crippen LogP contribution in [-0.2, 0) is 6.54 Å². The van der Waals surface area contributed by atoms with E-state index in [1.54, 1.807) is 0 Å². The average Bonchev–Trinajstić information content (AvgIpc) is 2.17. The van der Waals surface area contributed by atoms with Crippen LogP contribution < -0.4 is 10.5 Å². The predicted octanol–water partition coefficient (Wildman–Crippen LogP) is 1.87. The second-order valence-corrected chi connectivity index (χ2v) is 2.99. The zero-order chi connectivity index (χ0) is 11.5. The zero-order valence-electron chi connectivity index (χ0n) is 8.08. The van der Waals surface area contributed by atoms with Crippen molar-refractivity contribution >= 4 is 0 Å². The van der Waals surface area contributed by atoms with Gasteiger partial charge in [-0.15, -0.1) is 0 Å². The second-order valence-electron chi connectivity index (χ2n) is 2.99.